The zero-order valence-corrected chi connectivity index (χ0v) is 17.8. The molecule has 4 rings (SSSR count). The standard InChI is InChI=1S/C20H15Cl2N7O3/c21-12-1-3-14(16(22)9-12)18-15(19-24-5-6-25-19)11-27-20(28-18)32-8-7-23-17-4-2-13(10-26-17)29(30)31/h1-6,9-11H,7-8H2,(H,23,26)(H,24,25). The van der Waals surface area contributed by atoms with E-state index in [2.05, 4.69) is 30.2 Å². The smallest absolute Gasteiger partial charge is 0.317 e. The van der Waals surface area contributed by atoms with Crippen LogP contribution in [0.3, 0.4) is 0 Å². The number of ether oxygens (including phenoxy) is 1. The number of nitrogens with zero attached hydrogens (tertiary/aromatic N) is 5. The van der Waals surface area contributed by atoms with Gasteiger partial charge in [0.15, 0.2) is 0 Å². The van der Waals surface area contributed by atoms with E-state index < -0.39 is 4.92 Å². The Labute approximate surface area is 191 Å². The lowest BCUT2D eigenvalue weighted by Gasteiger charge is -2.11. The van der Waals surface area contributed by atoms with Gasteiger partial charge in [-0.1, -0.05) is 23.2 Å². The number of nitrogens with one attached hydrogen (secondary N) is 2. The molecular formula is C20H15Cl2N7O3. The third-order valence-corrected chi connectivity index (χ3v) is 4.85. The van der Waals surface area contributed by atoms with Crippen molar-refractivity contribution >= 4 is 34.7 Å². The van der Waals surface area contributed by atoms with E-state index in [9.17, 15) is 10.1 Å². The highest BCUT2D eigenvalue weighted by molar-refractivity contribution is 6.36. The van der Waals surface area contributed by atoms with E-state index in [4.69, 9.17) is 27.9 Å². The van der Waals surface area contributed by atoms with Crippen molar-refractivity contribution in [2.24, 2.45) is 0 Å². The first-order chi connectivity index (χ1) is 15.5. The van der Waals surface area contributed by atoms with Crippen LogP contribution in [0.2, 0.25) is 10.0 Å². The predicted octanol–water partition coefficient (Wildman–Crippen LogP) is 4.63. The molecular weight excluding hydrogens is 457 g/mol. The molecule has 0 aliphatic rings. The highest BCUT2D eigenvalue weighted by Gasteiger charge is 2.17. The summed E-state index contributed by atoms with van der Waals surface area (Å²) in [5, 5.41) is 14.6. The Kier molecular flexibility index (Phi) is 6.43. The first kappa shape index (κ1) is 21.5. The Morgan fingerprint density at radius 1 is 1.09 bits per heavy atom. The number of aromatic nitrogens is 5. The maximum Gasteiger partial charge on any atom is 0.317 e. The Morgan fingerprint density at radius 2 is 1.97 bits per heavy atom. The molecule has 32 heavy (non-hydrogen) atoms. The second-order valence-electron chi connectivity index (χ2n) is 6.41. The van der Waals surface area contributed by atoms with Gasteiger partial charge in [-0.05, 0) is 24.3 Å². The number of imidazole rings is 1. The van der Waals surface area contributed by atoms with Gasteiger partial charge in [0.1, 0.15) is 24.4 Å². The van der Waals surface area contributed by atoms with Crippen LogP contribution < -0.4 is 10.1 Å². The Bertz CT molecular complexity index is 1230. The number of rotatable bonds is 8. The third-order valence-electron chi connectivity index (χ3n) is 4.30. The summed E-state index contributed by atoms with van der Waals surface area (Å²) in [6, 6.07) is 8.17. The number of hydrogen-bond acceptors (Lipinski definition) is 8. The second-order valence-corrected chi connectivity index (χ2v) is 7.25. The minimum atomic E-state index is -0.506. The van der Waals surface area contributed by atoms with Gasteiger partial charge in [0.2, 0.25) is 0 Å². The van der Waals surface area contributed by atoms with Crippen LogP contribution in [0.15, 0.2) is 55.1 Å². The minimum Gasteiger partial charge on any atom is -0.462 e. The lowest BCUT2D eigenvalue weighted by Crippen LogP contribution is -2.13. The zero-order valence-electron chi connectivity index (χ0n) is 16.3. The fraction of sp³-hybridized carbons (Fsp3) is 0.100. The summed E-state index contributed by atoms with van der Waals surface area (Å²) in [7, 11) is 0. The molecule has 0 fully saturated rings. The van der Waals surface area contributed by atoms with E-state index in [1.807, 2.05) is 0 Å². The molecule has 0 amide bonds. The summed E-state index contributed by atoms with van der Waals surface area (Å²) in [6.07, 6.45) is 6.12. The molecule has 12 heteroatoms. The lowest BCUT2D eigenvalue weighted by molar-refractivity contribution is -0.385. The third kappa shape index (κ3) is 4.93. The van der Waals surface area contributed by atoms with Crippen LogP contribution in [0.25, 0.3) is 22.6 Å². The fourth-order valence-electron chi connectivity index (χ4n) is 2.83. The lowest BCUT2D eigenvalue weighted by atomic mass is 10.1. The molecule has 162 valence electrons. The van der Waals surface area contributed by atoms with Gasteiger partial charge < -0.3 is 15.0 Å². The molecule has 10 nitrogen and oxygen atoms in total. The maximum atomic E-state index is 10.7. The van der Waals surface area contributed by atoms with Crippen molar-refractivity contribution in [3.05, 3.63) is 75.3 Å². The fourth-order valence-corrected chi connectivity index (χ4v) is 3.33. The normalized spacial score (nSPS) is 10.7. The number of hydrogen-bond donors (Lipinski definition) is 2. The van der Waals surface area contributed by atoms with E-state index in [0.29, 0.717) is 45.1 Å². The molecule has 0 aliphatic heterocycles. The van der Waals surface area contributed by atoms with Gasteiger partial charge in [-0.15, -0.1) is 0 Å². The highest BCUT2D eigenvalue weighted by atomic mass is 35.5. The van der Waals surface area contributed by atoms with Crippen LogP contribution in [0.4, 0.5) is 11.5 Å². The van der Waals surface area contributed by atoms with Crippen molar-refractivity contribution in [2.75, 3.05) is 18.5 Å². The number of H-pyrrole nitrogens is 1. The van der Waals surface area contributed by atoms with E-state index in [1.54, 1.807) is 36.8 Å². The molecule has 0 radical (unpaired) electrons. The summed E-state index contributed by atoms with van der Waals surface area (Å²) in [5.74, 6) is 1.07. The van der Waals surface area contributed by atoms with Gasteiger partial charge in [0.05, 0.1) is 27.7 Å². The number of benzene rings is 1. The van der Waals surface area contributed by atoms with Gasteiger partial charge in [-0.2, -0.15) is 4.98 Å². The van der Waals surface area contributed by atoms with Crippen molar-refractivity contribution in [2.45, 2.75) is 0 Å². The number of anilines is 1. The molecule has 0 spiro atoms. The first-order valence-electron chi connectivity index (χ1n) is 9.30. The summed E-state index contributed by atoms with van der Waals surface area (Å²) < 4.78 is 5.67. The minimum absolute atomic E-state index is 0.0785. The van der Waals surface area contributed by atoms with Crippen LogP contribution in [0.1, 0.15) is 0 Å². The van der Waals surface area contributed by atoms with E-state index in [-0.39, 0.29) is 18.3 Å². The van der Waals surface area contributed by atoms with Gasteiger partial charge in [-0.25, -0.2) is 15.0 Å². The summed E-state index contributed by atoms with van der Waals surface area (Å²) in [6.45, 7) is 0.609. The molecule has 0 unspecified atom stereocenters. The van der Waals surface area contributed by atoms with E-state index >= 15 is 0 Å². The second kappa shape index (κ2) is 9.58. The predicted molar refractivity (Wildman–Crippen MR) is 120 cm³/mol. The Hall–Kier alpha value is -3.76. The topological polar surface area (TPSA) is 132 Å². The number of halogens is 2. The van der Waals surface area contributed by atoms with Crippen molar-refractivity contribution in [1.82, 2.24) is 24.9 Å². The molecule has 0 bridgehead atoms. The molecule has 2 N–H and O–H groups in total. The maximum absolute atomic E-state index is 10.7. The number of pyridine rings is 1. The molecule has 0 saturated heterocycles. The molecule has 0 aliphatic carbocycles. The molecule has 3 heterocycles. The summed E-state index contributed by atoms with van der Waals surface area (Å²) in [5.41, 5.74) is 1.77. The van der Waals surface area contributed by atoms with Crippen molar-refractivity contribution in [3.63, 3.8) is 0 Å². The van der Waals surface area contributed by atoms with Crippen LogP contribution in [0.5, 0.6) is 6.01 Å². The number of nitro groups is 1. The van der Waals surface area contributed by atoms with Crippen molar-refractivity contribution in [3.8, 4) is 28.7 Å². The monoisotopic (exact) mass is 471 g/mol. The first-order valence-corrected chi connectivity index (χ1v) is 10.1. The van der Waals surface area contributed by atoms with Crippen LogP contribution in [-0.4, -0.2) is 43.0 Å². The zero-order chi connectivity index (χ0) is 22.5. The molecule has 1 aromatic carbocycles. The van der Waals surface area contributed by atoms with E-state index in [1.165, 1.54) is 18.3 Å². The molecule has 0 saturated carbocycles. The summed E-state index contributed by atoms with van der Waals surface area (Å²) >= 11 is 12.4. The van der Waals surface area contributed by atoms with Crippen molar-refractivity contribution in [1.29, 1.82) is 0 Å². The number of aromatic amines is 1. The molecule has 3 aromatic heterocycles. The highest BCUT2D eigenvalue weighted by Crippen LogP contribution is 2.35. The van der Waals surface area contributed by atoms with Gasteiger partial charge in [0, 0.05) is 35.2 Å². The van der Waals surface area contributed by atoms with Gasteiger partial charge in [0.25, 0.3) is 5.69 Å². The average molecular weight is 472 g/mol. The van der Waals surface area contributed by atoms with E-state index in [0.717, 1.165) is 0 Å². The van der Waals surface area contributed by atoms with Crippen LogP contribution in [-0.2, 0) is 0 Å². The molecule has 0 atom stereocenters. The Balaban J connectivity index is 1.49. The SMILES string of the molecule is O=[N+]([O-])c1ccc(NCCOc2ncc(-c3ncc[nH]3)c(-c3ccc(Cl)cc3Cl)n2)nc1. The molecule has 4 aromatic rings. The van der Waals surface area contributed by atoms with Gasteiger partial charge in [-0.3, -0.25) is 10.1 Å². The quantitative estimate of drug-likeness (QED) is 0.216. The summed E-state index contributed by atoms with van der Waals surface area (Å²) in [4.78, 5) is 30.3. The van der Waals surface area contributed by atoms with Crippen molar-refractivity contribution < 1.29 is 9.66 Å². The Morgan fingerprint density at radius 3 is 2.66 bits per heavy atom. The van der Waals surface area contributed by atoms with Crippen LogP contribution >= 0.6 is 23.2 Å². The van der Waals surface area contributed by atoms with Crippen LogP contribution in [0, 0.1) is 10.1 Å². The van der Waals surface area contributed by atoms with Gasteiger partial charge >= 0.3 is 6.01 Å². The average Bonchev–Trinajstić information content (AvgIpc) is 3.32. The largest absolute Gasteiger partial charge is 0.462 e.